The van der Waals surface area contributed by atoms with E-state index in [2.05, 4.69) is 4.90 Å². The molecule has 2 unspecified atom stereocenters. The molecule has 2 heterocycles. The fourth-order valence-corrected chi connectivity index (χ4v) is 3.72. The van der Waals surface area contributed by atoms with Crippen molar-refractivity contribution < 1.29 is 20.1 Å². The van der Waals surface area contributed by atoms with Gasteiger partial charge in [0, 0.05) is 32.1 Å². The van der Waals surface area contributed by atoms with E-state index in [0.717, 1.165) is 31.5 Å². The van der Waals surface area contributed by atoms with Crippen molar-refractivity contribution in [3.8, 4) is 0 Å². The molecule has 6 heteroatoms. The summed E-state index contributed by atoms with van der Waals surface area (Å²) in [7, 11) is 0. The third kappa shape index (κ3) is 3.34. The van der Waals surface area contributed by atoms with Crippen LogP contribution in [0.1, 0.15) is 18.4 Å². The van der Waals surface area contributed by atoms with Crippen molar-refractivity contribution in [3.05, 3.63) is 35.9 Å². The Morgan fingerprint density at radius 2 is 1.87 bits per heavy atom. The predicted molar refractivity (Wildman–Crippen MR) is 85.1 cm³/mol. The zero-order valence-electron chi connectivity index (χ0n) is 13.1. The Kier molecular flexibility index (Phi) is 4.57. The van der Waals surface area contributed by atoms with Crippen molar-refractivity contribution in [2.24, 2.45) is 5.92 Å². The molecular weight excluding hydrogens is 296 g/mol. The molecule has 3 rings (SSSR count). The fraction of sp³-hybridized carbons (Fsp3) is 0.588. The van der Waals surface area contributed by atoms with Crippen LogP contribution in [-0.4, -0.2) is 70.0 Å². The molecule has 0 aliphatic carbocycles. The molecule has 2 saturated heterocycles. The summed E-state index contributed by atoms with van der Waals surface area (Å²) in [6, 6.07) is 9.34. The minimum atomic E-state index is -1.16. The summed E-state index contributed by atoms with van der Waals surface area (Å²) in [5.74, 6) is -0.170. The topological polar surface area (TPSA) is 84.2 Å². The summed E-state index contributed by atoms with van der Waals surface area (Å²) in [6.45, 7) is 2.65. The normalized spacial score (nSPS) is 29.8. The zero-order chi connectivity index (χ0) is 16.4. The quantitative estimate of drug-likeness (QED) is 0.772. The second-order valence-corrected chi connectivity index (χ2v) is 6.68. The molecule has 0 aromatic heterocycles. The van der Waals surface area contributed by atoms with Gasteiger partial charge in [0.2, 0.25) is 0 Å². The number of likely N-dealkylation sites (tertiary alicyclic amines) is 2. The molecular formula is C17H24N2O4. The number of aliphatic hydroxyl groups is 2. The summed E-state index contributed by atoms with van der Waals surface area (Å²) in [5, 5.41) is 30.2. The molecule has 1 aromatic rings. The van der Waals surface area contributed by atoms with Crippen molar-refractivity contribution >= 4 is 6.09 Å². The Morgan fingerprint density at radius 3 is 2.48 bits per heavy atom. The van der Waals surface area contributed by atoms with Gasteiger partial charge in [-0.15, -0.1) is 0 Å². The summed E-state index contributed by atoms with van der Waals surface area (Å²) < 4.78 is 0. The Morgan fingerprint density at radius 1 is 1.22 bits per heavy atom. The summed E-state index contributed by atoms with van der Waals surface area (Å²) in [5.41, 5.74) is -0.388. The van der Waals surface area contributed by atoms with Crippen LogP contribution in [0, 0.1) is 5.92 Å². The van der Waals surface area contributed by atoms with Crippen LogP contribution in [0.2, 0.25) is 0 Å². The number of amides is 1. The molecule has 0 saturated carbocycles. The molecule has 6 nitrogen and oxygen atoms in total. The highest BCUT2D eigenvalue weighted by Gasteiger charge is 2.48. The van der Waals surface area contributed by atoms with E-state index in [0.29, 0.717) is 13.1 Å². The number of hydrogen-bond acceptors (Lipinski definition) is 4. The molecule has 0 bridgehead atoms. The van der Waals surface area contributed by atoms with Gasteiger partial charge < -0.3 is 25.1 Å². The molecule has 2 fully saturated rings. The van der Waals surface area contributed by atoms with E-state index in [1.54, 1.807) is 0 Å². The van der Waals surface area contributed by atoms with Gasteiger partial charge in [0.15, 0.2) is 0 Å². The monoisotopic (exact) mass is 320 g/mol. The predicted octanol–water partition coefficient (Wildman–Crippen LogP) is 0.941. The fourth-order valence-electron chi connectivity index (χ4n) is 3.72. The summed E-state index contributed by atoms with van der Waals surface area (Å²) >= 11 is 0. The molecule has 0 radical (unpaired) electrons. The molecule has 2 aliphatic rings. The van der Waals surface area contributed by atoms with E-state index in [4.69, 9.17) is 0 Å². The molecule has 3 N–H and O–H groups in total. The van der Waals surface area contributed by atoms with Crippen LogP contribution in [0.3, 0.4) is 0 Å². The average Bonchev–Trinajstić information content (AvgIpc) is 2.89. The zero-order valence-corrected chi connectivity index (χ0v) is 13.1. The van der Waals surface area contributed by atoms with Gasteiger partial charge in [0.25, 0.3) is 0 Å². The van der Waals surface area contributed by atoms with Crippen molar-refractivity contribution in [2.45, 2.75) is 24.5 Å². The third-order valence-corrected chi connectivity index (χ3v) is 5.13. The highest BCUT2D eigenvalue weighted by molar-refractivity contribution is 5.66. The maximum Gasteiger partial charge on any atom is 0.407 e. The number of rotatable bonds is 3. The van der Waals surface area contributed by atoms with Crippen molar-refractivity contribution in [1.29, 1.82) is 0 Å². The second-order valence-electron chi connectivity index (χ2n) is 6.68. The van der Waals surface area contributed by atoms with E-state index < -0.39 is 11.7 Å². The van der Waals surface area contributed by atoms with Gasteiger partial charge >= 0.3 is 6.09 Å². The van der Waals surface area contributed by atoms with Gasteiger partial charge in [-0.05, 0) is 18.4 Å². The molecule has 23 heavy (non-hydrogen) atoms. The first-order valence-corrected chi connectivity index (χ1v) is 8.15. The third-order valence-electron chi connectivity index (χ3n) is 5.13. The molecule has 0 spiro atoms. The first-order valence-electron chi connectivity index (χ1n) is 8.15. The maximum absolute atomic E-state index is 11.4. The van der Waals surface area contributed by atoms with Crippen LogP contribution in [0.25, 0.3) is 0 Å². The van der Waals surface area contributed by atoms with Gasteiger partial charge in [-0.2, -0.15) is 0 Å². The van der Waals surface area contributed by atoms with E-state index in [-0.39, 0.29) is 18.6 Å². The lowest BCUT2D eigenvalue weighted by atomic mass is 9.83. The van der Waals surface area contributed by atoms with Crippen LogP contribution in [0.4, 0.5) is 4.79 Å². The molecule has 1 amide bonds. The number of carbonyl (C=O) groups is 1. The van der Waals surface area contributed by atoms with Crippen LogP contribution in [0.5, 0.6) is 0 Å². The van der Waals surface area contributed by atoms with Crippen molar-refractivity contribution in [3.63, 3.8) is 0 Å². The van der Waals surface area contributed by atoms with Gasteiger partial charge in [-0.3, -0.25) is 0 Å². The number of benzene rings is 1. The Balaban J connectivity index is 1.79. The Labute approximate surface area is 135 Å². The van der Waals surface area contributed by atoms with Gasteiger partial charge in [-0.1, -0.05) is 30.3 Å². The Bertz CT molecular complexity index is 545. The van der Waals surface area contributed by atoms with Crippen LogP contribution in [0.15, 0.2) is 30.3 Å². The molecule has 1 aromatic carbocycles. The Hall–Kier alpha value is -1.63. The number of piperidine rings is 1. The number of nitrogens with zero attached hydrogens (tertiary/aromatic N) is 2. The van der Waals surface area contributed by atoms with E-state index in [1.807, 2.05) is 30.3 Å². The number of hydrogen-bond donors (Lipinski definition) is 3. The van der Waals surface area contributed by atoms with E-state index >= 15 is 0 Å². The van der Waals surface area contributed by atoms with Crippen LogP contribution >= 0.6 is 0 Å². The number of aliphatic hydroxyl groups excluding tert-OH is 1. The lowest BCUT2D eigenvalue weighted by Crippen LogP contribution is -2.45. The minimum absolute atomic E-state index is 0.105. The average molecular weight is 320 g/mol. The maximum atomic E-state index is 11.4. The summed E-state index contributed by atoms with van der Waals surface area (Å²) in [4.78, 5) is 14.9. The SMILES string of the molecule is O=C(O)N1CC(CN2CCC(O)CC2)C(O)(c2ccccc2)C1. The van der Waals surface area contributed by atoms with Gasteiger partial charge in [0.1, 0.15) is 5.60 Å². The highest BCUT2D eigenvalue weighted by atomic mass is 16.4. The first kappa shape index (κ1) is 16.2. The smallest absolute Gasteiger partial charge is 0.407 e. The largest absolute Gasteiger partial charge is 0.465 e. The van der Waals surface area contributed by atoms with Crippen LogP contribution < -0.4 is 0 Å². The van der Waals surface area contributed by atoms with E-state index in [9.17, 15) is 20.1 Å². The standard InChI is InChI=1S/C17H24N2O4/c20-15-6-8-18(9-7-15)10-14-11-19(16(21)22)12-17(14,23)13-4-2-1-3-5-13/h1-5,14-15,20,23H,6-12H2,(H,21,22). The number of β-amino-alcohol motifs (C(OH)–C–C–N with tert-alkyl or cyclic N) is 1. The molecule has 2 aliphatic heterocycles. The lowest BCUT2D eigenvalue weighted by Gasteiger charge is -2.36. The first-order chi connectivity index (χ1) is 11.0. The van der Waals surface area contributed by atoms with Gasteiger partial charge in [0.05, 0.1) is 12.6 Å². The summed E-state index contributed by atoms with van der Waals surface area (Å²) in [6.07, 6.45) is 0.243. The van der Waals surface area contributed by atoms with Crippen molar-refractivity contribution in [1.82, 2.24) is 9.80 Å². The highest BCUT2D eigenvalue weighted by Crippen LogP contribution is 2.37. The van der Waals surface area contributed by atoms with E-state index in [1.165, 1.54) is 4.90 Å². The lowest BCUT2D eigenvalue weighted by molar-refractivity contribution is -0.0126. The number of carboxylic acid groups (broad SMARTS) is 1. The van der Waals surface area contributed by atoms with Crippen LogP contribution in [-0.2, 0) is 5.60 Å². The van der Waals surface area contributed by atoms with Crippen molar-refractivity contribution in [2.75, 3.05) is 32.7 Å². The molecule has 2 atom stereocenters. The molecule has 126 valence electrons. The minimum Gasteiger partial charge on any atom is -0.465 e. The second kappa shape index (κ2) is 6.47. The van der Waals surface area contributed by atoms with Gasteiger partial charge in [-0.25, -0.2) is 4.79 Å².